The molecule has 1 atom stereocenters. The summed E-state index contributed by atoms with van der Waals surface area (Å²) in [5.74, 6) is 0.181. The van der Waals surface area contributed by atoms with Crippen molar-refractivity contribution >= 4 is 17.3 Å². The molecule has 0 saturated heterocycles. The first-order valence-electron chi connectivity index (χ1n) is 7.74. The SMILES string of the molecule is CC(=O)c1ccc(O[C@@H](C)C(=O)c2[nH]c(C)c(C(C)=O)c2C)cc1. The number of rotatable bonds is 6. The third-order valence-electron chi connectivity index (χ3n) is 3.98. The van der Waals surface area contributed by atoms with E-state index < -0.39 is 6.10 Å². The second-order valence-electron chi connectivity index (χ2n) is 5.89. The molecule has 1 N–H and O–H groups in total. The van der Waals surface area contributed by atoms with Gasteiger partial charge < -0.3 is 9.72 Å². The molecule has 0 spiro atoms. The largest absolute Gasteiger partial charge is 0.483 e. The van der Waals surface area contributed by atoms with Crippen LogP contribution in [0.15, 0.2) is 24.3 Å². The van der Waals surface area contributed by atoms with Gasteiger partial charge in [-0.25, -0.2) is 0 Å². The molecule has 0 saturated carbocycles. The predicted octanol–water partition coefficient (Wildman–Crippen LogP) is 3.69. The second-order valence-corrected chi connectivity index (χ2v) is 5.89. The van der Waals surface area contributed by atoms with Gasteiger partial charge >= 0.3 is 0 Å². The molecular weight excluding hydrogens is 306 g/mol. The molecule has 0 amide bonds. The molecule has 0 unspecified atom stereocenters. The molecule has 24 heavy (non-hydrogen) atoms. The number of ketones is 3. The van der Waals surface area contributed by atoms with Crippen molar-refractivity contribution in [1.82, 2.24) is 4.98 Å². The molecule has 0 aliphatic heterocycles. The van der Waals surface area contributed by atoms with Gasteiger partial charge in [0, 0.05) is 16.8 Å². The van der Waals surface area contributed by atoms with E-state index in [0.29, 0.717) is 33.8 Å². The highest BCUT2D eigenvalue weighted by molar-refractivity contribution is 6.04. The number of Topliss-reactive ketones (excluding diaryl/α,β-unsaturated/α-hetero) is 3. The zero-order valence-electron chi connectivity index (χ0n) is 14.5. The van der Waals surface area contributed by atoms with Crippen molar-refractivity contribution in [2.24, 2.45) is 0 Å². The number of benzene rings is 1. The van der Waals surface area contributed by atoms with E-state index in [4.69, 9.17) is 4.74 Å². The zero-order chi connectivity index (χ0) is 18.0. The minimum absolute atomic E-state index is 0.0278. The Morgan fingerprint density at radius 2 is 1.58 bits per heavy atom. The number of nitrogens with one attached hydrogen (secondary N) is 1. The molecular formula is C19H21NO4. The number of H-pyrrole nitrogens is 1. The minimum atomic E-state index is -0.718. The molecule has 5 heteroatoms. The van der Waals surface area contributed by atoms with Crippen LogP contribution in [0.1, 0.15) is 63.2 Å². The fourth-order valence-corrected chi connectivity index (χ4v) is 2.75. The average Bonchev–Trinajstić information content (AvgIpc) is 2.81. The summed E-state index contributed by atoms with van der Waals surface area (Å²) in [6.45, 7) is 8.15. The molecule has 126 valence electrons. The van der Waals surface area contributed by atoms with Crippen LogP contribution in [0.3, 0.4) is 0 Å². The van der Waals surface area contributed by atoms with Gasteiger partial charge in [-0.2, -0.15) is 0 Å². The summed E-state index contributed by atoms with van der Waals surface area (Å²) >= 11 is 0. The van der Waals surface area contributed by atoms with Gasteiger partial charge in [0.1, 0.15) is 5.75 Å². The van der Waals surface area contributed by atoms with Crippen LogP contribution in [-0.2, 0) is 0 Å². The molecule has 1 aromatic carbocycles. The third kappa shape index (κ3) is 3.45. The number of aromatic amines is 1. The smallest absolute Gasteiger partial charge is 0.219 e. The van der Waals surface area contributed by atoms with Crippen LogP contribution in [0.25, 0.3) is 0 Å². The predicted molar refractivity (Wildman–Crippen MR) is 91.1 cm³/mol. The summed E-state index contributed by atoms with van der Waals surface area (Å²) in [4.78, 5) is 38.6. The van der Waals surface area contributed by atoms with Crippen LogP contribution in [-0.4, -0.2) is 28.4 Å². The van der Waals surface area contributed by atoms with E-state index in [-0.39, 0.29) is 17.3 Å². The normalized spacial score (nSPS) is 11.9. The summed E-state index contributed by atoms with van der Waals surface area (Å²) < 4.78 is 5.66. The van der Waals surface area contributed by atoms with Crippen LogP contribution >= 0.6 is 0 Å². The summed E-state index contributed by atoms with van der Waals surface area (Å²) in [7, 11) is 0. The number of hydrogen-bond acceptors (Lipinski definition) is 4. The number of carbonyl (C=O) groups excluding carboxylic acids is 3. The molecule has 0 bridgehead atoms. The molecule has 1 heterocycles. The summed E-state index contributed by atoms with van der Waals surface area (Å²) in [5, 5.41) is 0. The number of aryl methyl sites for hydroxylation is 1. The Morgan fingerprint density at radius 1 is 1.00 bits per heavy atom. The van der Waals surface area contributed by atoms with Crippen molar-refractivity contribution in [3.05, 3.63) is 52.3 Å². The van der Waals surface area contributed by atoms with Crippen LogP contribution < -0.4 is 4.74 Å². The lowest BCUT2D eigenvalue weighted by Gasteiger charge is -2.14. The standard InChI is InChI=1S/C19H21NO4/c1-10-17(13(4)22)11(2)20-18(10)19(23)14(5)24-16-8-6-15(7-9-16)12(3)21/h6-9,14,20H,1-5H3/t14-/m0/s1. The van der Waals surface area contributed by atoms with Gasteiger partial charge in [0.05, 0.1) is 5.69 Å². The van der Waals surface area contributed by atoms with Crippen molar-refractivity contribution in [1.29, 1.82) is 0 Å². The quantitative estimate of drug-likeness (QED) is 0.821. The zero-order valence-corrected chi connectivity index (χ0v) is 14.5. The molecule has 0 fully saturated rings. The van der Waals surface area contributed by atoms with Crippen molar-refractivity contribution in [3.8, 4) is 5.75 Å². The van der Waals surface area contributed by atoms with Gasteiger partial charge in [0.25, 0.3) is 0 Å². The van der Waals surface area contributed by atoms with E-state index in [9.17, 15) is 14.4 Å². The first-order valence-corrected chi connectivity index (χ1v) is 7.74. The minimum Gasteiger partial charge on any atom is -0.483 e. The molecule has 2 aromatic rings. The highest BCUT2D eigenvalue weighted by Gasteiger charge is 2.24. The van der Waals surface area contributed by atoms with Crippen LogP contribution in [0.4, 0.5) is 0 Å². The number of carbonyl (C=O) groups is 3. The van der Waals surface area contributed by atoms with Crippen LogP contribution in [0.2, 0.25) is 0 Å². The molecule has 2 rings (SSSR count). The van der Waals surface area contributed by atoms with E-state index in [1.165, 1.54) is 13.8 Å². The van der Waals surface area contributed by atoms with E-state index in [1.807, 2.05) is 0 Å². The Bertz CT molecular complexity index is 800. The molecule has 0 aliphatic carbocycles. The van der Waals surface area contributed by atoms with Crippen LogP contribution in [0, 0.1) is 13.8 Å². The topological polar surface area (TPSA) is 76.2 Å². The Balaban J connectivity index is 2.19. The second kappa shape index (κ2) is 6.83. The number of ether oxygens (including phenoxy) is 1. The maximum atomic E-state index is 12.6. The van der Waals surface area contributed by atoms with E-state index in [2.05, 4.69) is 4.98 Å². The van der Waals surface area contributed by atoms with E-state index >= 15 is 0 Å². The van der Waals surface area contributed by atoms with Crippen molar-refractivity contribution in [3.63, 3.8) is 0 Å². The highest BCUT2D eigenvalue weighted by Crippen LogP contribution is 2.21. The summed E-state index contributed by atoms with van der Waals surface area (Å²) in [5.41, 5.74) is 2.86. The Kier molecular flexibility index (Phi) is 5.02. The molecule has 0 aliphatic rings. The first-order chi connectivity index (χ1) is 11.2. The molecule has 1 aromatic heterocycles. The number of hydrogen-bond donors (Lipinski definition) is 1. The van der Waals surface area contributed by atoms with Gasteiger partial charge in [-0.15, -0.1) is 0 Å². The number of aromatic nitrogens is 1. The van der Waals surface area contributed by atoms with Gasteiger partial charge in [0.2, 0.25) is 5.78 Å². The molecule has 5 nitrogen and oxygen atoms in total. The van der Waals surface area contributed by atoms with Gasteiger partial charge in [-0.1, -0.05) is 0 Å². The monoisotopic (exact) mass is 327 g/mol. The summed E-state index contributed by atoms with van der Waals surface area (Å²) in [6, 6.07) is 6.64. The van der Waals surface area contributed by atoms with E-state index in [1.54, 1.807) is 45.0 Å². The molecule has 0 radical (unpaired) electrons. The summed E-state index contributed by atoms with van der Waals surface area (Å²) in [6.07, 6.45) is -0.718. The third-order valence-corrected chi connectivity index (χ3v) is 3.98. The average molecular weight is 327 g/mol. The van der Waals surface area contributed by atoms with Gasteiger partial charge in [-0.05, 0) is 64.4 Å². The Labute approximate surface area is 141 Å². The van der Waals surface area contributed by atoms with Crippen molar-refractivity contribution < 1.29 is 19.1 Å². The Hall–Kier alpha value is -2.69. The lowest BCUT2D eigenvalue weighted by molar-refractivity contribution is 0.0812. The maximum absolute atomic E-state index is 12.6. The van der Waals surface area contributed by atoms with Crippen molar-refractivity contribution in [2.75, 3.05) is 0 Å². The fourth-order valence-electron chi connectivity index (χ4n) is 2.75. The lowest BCUT2D eigenvalue weighted by atomic mass is 10.0. The maximum Gasteiger partial charge on any atom is 0.219 e. The first kappa shape index (κ1) is 17.7. The van der Waals surface area contributed by atoms with Gasteiger partial charge in [0.15, 0.2) is 17.7 Å². The Morgan fingerprint density at radius 3 is 2.04 bits per heavy atom. The van der Waals surface area contributed by atoms with Crippen molar-refractivity contribution in [2.45, 2.75) is 40.7 Å². The van der Waals surface area contributed by atoms with Crippen LogP contribution in [0.5, 0.6) is 5.75 Å². The fraction of sp³-hybridized carbons (Fsp3) is 0.316. The van der Waals surface area contributed by atoms with Gasteiger partial charge in [-0.3, -0.25) is 14.4 Å². The lowest BCUT2D eigenvalue weighted by Crippen LogP contribution is -2.25. The van der Waals surface area contributed by atoms with E-state index in [0.717, 1.165) is 0 Å². The highest BCUT2D eigenvalue weighted by atomic mass is 16.5.